The van der Waals surface area contributed by atoms with E-state index in [4.69, 9.17) is 0 Å². The molecule has 1 aliphatic heterocycles. The molecule has 0 saturated carbocycles. The summed E-state index contributed by atoms with van der Waals surface area (Å²) in [6.07, 6.45) is 0. The number of hydrogen-bond acceptors (Lipinski definition) is 3. The number of halogens is 2. The van der Waals surface area contributed by atoms with Gasteiger partial charge < -0.3 is 10.2 Å². The van der Waals surface area contributed by atoms with Gasteiger partial charge >= 0.3 is 0 Å². The average molecular weight is 368 g/mol. The molecule has 1 aromatic rings. The van der Waals surface area contributed by atoms with Crippen molar-refractivity contribution in [3.05, 3.63) is 19.2 Å². The molecule has 1 fully saturated rings. The van der Waals surface area contributed by atoms with E-state index in [0.29, 0.717) is 6.04 Å². The Hall–Kier alpha value is 0.0900. The van der Waals surface area contributed by atoms with Gasteiger partial charge in [-0.2, -0.15) is 0 Å². The van der Waals surface area contributed by atoms with Crippen molar-refractivity contribution >= 4 is 49.1 Å². The van der Waals surface area contributed by atoms with E-state index in [1.807, 2.05) is 11.0 Å². The topological polar surface area (TPSA) is 32.3 Å². The van der Waals surface area contributed by atoms with Crippen molar-refractivity contribution in [2.75, 3.05) is 19.6 Å². The molecule has 88 valence electrons. The minimum Gasteiger partial charge on any atom is -0.336 e. The Morgan fingerprint density at radius 2 is 2.38 bits per heavy atom. The molecule has 0 unspecified atom stereocenters. The van der Waals surface area contributed by atoms with Gasteiger partial charge in [0.2, 0.25) is 0 Å². The lowest BCUT2D eigenvalue weighted by molar-refractivity contribution is 0.0709. The maximum Gasteiger partial charge on any atom is 0.256 e. The number of nitrogens with zero attached hydrogens (tertiary/aromatic N) is 1. The summed E-state index contributed by atoms with van der Waals surface area (Å²) < 4.78 is 1.88. The maximum atomic E-state index is 12.2. The van der Waals surface area contributed by atoms with Crippen LogP contribution >= 0.6 is 43.2 Å². The maximum absolute atomic E-state index is 12.2. The largest absolute Gasteiger partial charge is 0.336 e. The van der Waals surface area contributed by atoms with Gasteiger partial charge in [0.25, 0.3) is 5.91 Å². The van der Waals surface area contributed by atoms with Gasteiger partial charge in [0.05, 0.1) is 13.1 Å². The number of nitrogens with one attached hydrogen (secondary N) is 1. The third kappa shape index (κ3) is 2.67. The van der Waals surface area contributed by atoms with E-state index < -0.39 is 0 Å². The molecule has 0 aliphatic carbocycles. The zero-order valence-electron chi connectivity index (χ0n) is 8.80. The van der Waals surface area contributed by atoms with Gasteiger partial charge in [-0.3, -0.25) is 4.79 Å². The van der Waals surface area contributed by atoms with E-state index in [0.717, 1.165) is 32.8 Å². The van der Waals surface area contributed by atoms with Gasteiger partial charge in [0, 0.05) is 25.7 Å². The summed E-state index contributed by atoms with van der Waals surface area (Å²) in [5.41, 5.74) is 0.756. The molecule has 1 atom stereocenters. The minimum atomic E-state index is 0.113. The molecule has 1 aromatic heterocycles. The molecule has 1 aliphatic rings. The first-order chi connectivity index (χ1) is 7.58. The van der Waals surface area contributed by atoms with E-state index >= 15 is 0 Å². The first-order valence-corrected chi connectivity index (χ1v) is 7.45. The Bertz CT molecular complexity index is 408. The van der Waals surface area contributed by atoms with Gasteiger partial charge in [0.1, 0.15) is 0 Å². The number of rotatable bonds is 1. The molecule has 1 N–H and O–H groups in total. The Kier molecular flexibility index (Phi) is 4.05. The molecule has 2 rings (SSSR count). The molecule has 2 heterocycles. The van der Waals surface area contributed by atoms with Crippen molar-refractivity contribution in [1.29, 1.82) is 0 Å². The SMILES string of the molecule is C[C@@H]1CN(C(=O)c2cc(Br)sc2Br)CCN1. The van der Waals surface area contributed by atoms with Crippen molar-refractivity contribution < 1.29 is 4.79 Å². The lowest BCUT2D eigenvalue weighted by Crippen LogP contribution is -2.51. The molecular formula is C10H12Br2N2OS. The Morgan fingerprint density at radius 1 is 1.62 bits per heavy atom. The summed E-state index contributed by atoms with van der Waals surface area (Å²) in [5, 5.41) is 3.33. The molecule has 1 saturated heterocycles. The monoisotopic (exact) mass is 366 g/mol. The highest BCUT2D eigenvalue weighted by atomic mass is 79.9. The van der Waals surface area contributed by atoms with Gasteiger partial charge in [-0.15, -0.1) is 11.3 Å². The van der Waals surface area contributed by atoms with Crippen LogP contribution in [0.1, 0.15) is 17.3 Å². The van der Waals surface area contributed by atoms with Crippen molar-refractivity contribution in [2.45, 2.75) is 13.0 Å². The number of hydrogen-bond donors (Lipinski definition) is 1. The highest BCUT2D eigenvalue weighted by Gasteiger charge is 2.24. The first kappa shape index (κ1) is 12.5. The quantitative estimate of drug-likeness (QED) is 0.827. The van der Waals surface area contributed by atoms with Crippen molar-refractivity contribution in [1.82, 2.24) is 10.2 Å². The molecule has 1 amide bonds. The number of thiophene rings is 1. The minimum absolute atomic E-state index is 0.113. The van der Waals surface area contributed by atoms with E-state index in [1.54, 1.807) is 0 Å². The Labute approximate surface area is 115 Å². The Balaban J connectivity index is 2.15. The predicted octanol–water partition coefficient (Wildman–Crippen LogP) is 2.71. The summed E-state index contributed by atoms with van der Waals surface area (Å²) >= 11 is 8.35. The van der Waals surface area contributed by atoms with Gasteiger partial charge in [0.15, 0.2) is 0 Å². The van der Waals surface area contributed by atoms with Crippen LogP contribution < -0.4 is 5.32 Å². The van der Waals surface area contributed by atoms with Crippen molar-refractivity contribution in [3.8, 4) is 0 Å². The highest BCUT2D eigenvalue weighted by molar-refractivity contribution is 9.12. The normalized spacial score (nSPS) is 21.2. The fourth-order valence-electron chi connectivity index (χ4n) is 1.77. The number of piperazine rings is 1. The van der Waals surface area contributed by atoms with Crippen LogP contribution in [0.4, 0.5) is 0 Å². The molecule has 16 heavy (non-hydrogen) atoms. The van der Waals surface area contributed by atoms with Crippen LogP contribution in [0.3, 0.4) is 0 Å². The van der Waals surface area contributed by atoms with Crippen LogP contribution in [0, 0.1) is 0 Å². The van der Waals surface area contributed by atoms with Crippen LogP contribution in [-0.2, 0) is 0 Å². The van der Waals surface area contributed by atoms with Crippen LogP contribution in [-0.4, -0.2) is 36.5 Å². The average Bonchev–Trinajstić information content (AvgIpc) is 2.57. The van der Waals surface area contributed by atoms with Crippen LogP contribution in [0.2, 0.25) is 0 Å². The van der Waals surface area contributed by atoms with E-state index in [1.165, 1.54) is 11.3 Å². The Morgan fingerprint density at radius 3 is 2.94 bits per heavy atom. The van der Waals surface area contributed by atoms with Crippen LogP contribution in [0.15, 0.2) is 13.6 Å². The second-order valence-corrected chi connectivity index (χ2v) is 7.59. The zero-order chi connectivity index (χ0) is 11.7. The molecule has 0 radical (unpaired) electrons. The number of amides is 1. The fourth-order valence-corrected chi connectivity index (χ4v) is 4.55. The number of carbonyl (C=O) groups excluding carboxylic acids is 1. The molecule has 0 bridgehead atoms. The molecular weight excluding hydrogens is 356 g/mol. The first-order valence-electron chi connectivity index (χ1n) is 5.05. The fraction of sp³-hybridized carbons (Fsp3) is 0.500. The lowest BCUT2D eigenvalue weighted by atomic mass is 10.2. The van der Waals surface area contributed by atoms with E-state index in [9.17, 15) is 4.79 Å². The predicted molar refractivity (Wildman–Crippen MR) is 73.1 cm³/mol. The summed E-state index contributed by atoms with van der Waals surface area (Å²) in [4.78, 5) is 14.1. The second kappa shape index (κ2) is 5.16. The van der Waals surface area contributed by atoms with E-state index in [-0.39, 0.29) is 5.91 Å². The van der Waals surface area contributed by atoms with Gasteiger partial charge in [-0.05, 0) is 44.8 Å². The van der Waals surface area contributed by atoms with E-state index in [2.05, 4.69) is 44.1 Å². The molecule has 0 aromatic carbocycles. The number of carbonyl (C=O) groups is 1. The third-order valence-corrected chi connectivity index (χ3v) is 4.88. The summed E-state index contributed by atoms with van der Waals surface area (Å²) in [6, 6.07) is 2.25. The van der Waals surface area contributed by atoms with Gasteiger partial charge in [-0.25, -0.2) is 0 Å². The third-order valence-electron chi connectivity index (χ3n) is 2.54. The smallest absolute Gasteiger partial charge is 0.256 e. The van der Waals surface area contributed by atoms with Crippen molar-refractivity contribution in [3.63, 3.8) is 0 Å². The van der Waals surface area contributed by atoms with Crippen molar-refractivity contribution in [2.24, 2.45) is 0 Å². The second-order valence-electron chi connectivity index (χ2n) is 3.84. The van der Waals surface area contributed by atoms with Crippen LogP contribution in [0.5, 0.6) is 0 Å². The zero-order valence-corrected chi connectivity index (χ0v) is 12.8. The lowest BCUT2D eigenvalue weighted by Gasteiger charge is -2.31. The molecule has 6 heteroatoms. The summed E-state index contributed by atoms with van der Waals surface area (Å²) in [5.74, 6) is 0.113. The molecule has 0 spiro atoms. The summed E-state index contributed by atoms with van der Waals surface area (Å²) in [6.45, 7) is 4.52. The van der Waals surface area contributed by atoms with Gasteiger partial charge in [-0.1, -0.05) is 0 Å². The van der Waals surface area contributed by atoms with Crippen LogP contribution in [0.25, 0.3) is 0 Å². The molecule has 3 nitrogen and oxygen atoms in total. The summed E-state index contributed by atoms with van der Waals surface area (Å²) in [7, 11) is 0. The standard InChI is InChI=1S/C10H12Br2N2OS/c1-6-5-14(3-2-13-6)10(15)7-4-8(11)16-9(7)12/h4,6,13H,2-3,5H2,1H3/t6-/m1/s1. The highest BCUT2D eigenvalue weighted by Crippen LogP contribution is 2.32.